The van der Waals surface area contributed by atoms with Crippen molar-refractivity contribution in [1.29, 1.82) is 0 Å². The van der Waals surface area contributed by atoms with Gasteiger partial charge in [-0.3, -0.25) is 0 Å². The van der Waals surface area contributed by atoms with Gasteiger partial charge in [-0.1, -0.05) is 29.8 Å². The van der Waals surface area contributed by atoms with Gasteiger partial charge < -0.3 is 9.84 Å². The predicted molar refractivity (Wildman–Crippen MR) is 85.1 cm³/mol. The number of fused-ring (bicyclic) bond motifs is 1. The van der Waals surface area contributed by atoms with E-state index in [2.05, 4.69) is 13.8 Å². The maximum atomic E-state index is 10.7. The van der Waals surface area contributed by atoms with Gasteiger partial charge >= 0.3 is 0 Å². The molecule has 21 heavy (non-hydrogen) atoms. The predicted octanol–water partition coefficient (Wildman–Crippen LogP) is 4.44. The molecule has 0 saturated heterocycles. The Morgan fingerprint density at radius 2 is 2.00 bits per heavy atom. The number of halogens is 1. The van der Waals surface area contributed by atoms with Crippen molar-refractivity contribution in [3.63, 3.8) is 0 Å². The fourth-order valence-electron chi connectivity index (χ4n) is 2.90. The topological polar surface area (TPSA) is 29.5 Å². The summed E-state index contributed by atoms with van der Waals surface area (Å²) in [6.45, 7) is 6.08. The molecule has 2 aromatic carbocycles. The Labute approximate surface area is 130 Å². The lowest BCUT2D eigenvalue weighted by molar-refractivity contribution is 0.138. The summed E-state index contributed by atoms with van der Waals surface area (Å²) in [6, 6.07) is 11.5. The normalized spacial score (nSPS) is 17.2. The van der Waals surface area contributed by atoms with E-state index in [1.165, 1.54) is 0 Å². The van der Waals surface area contributed by atoms with E-state index < -0.39 is 6.10 Å². The van der Waals surface area contributed by atoms with Crippen molar-refractivity contribution in [2.45, 2.75) is 38.9 Å². The zero-order chi connectivity index (χ0) is 15.2. The molecule has 0 spiro atoms. The van der Waals surface area contributed by atoms with E-state index in [9.17, 15) is 5.11 Å². The highest BCUT2D eigenvalue weighted by Gasteiger charge is 2.30. The Hall–Kier alpha value is -1.51. The Kier molecular flexibility index (Phi) is 3.46. The lowest BCUT2D eigenvalue weighted by atomic mass is 9.94. The van der Waals surface area contributed by atoms with E-state index >= 15 is 0 Å². The molecule has 0 fully saturated rings. The first-order chi connectivity index (χ1) is 9.87. The van der Waals surface area contributed by atoms with Gasteiger partial charge in [0.2, 0.25) is 0 Å². The summed E-state index contributed by atoms with van der Waals surface area (Å²) in [5.74, 6) is 0.916. The minimum absolute atomic E-state index is 0.169. The van der Waals surface area contributed by atoms with Gasteiger partial charge in [-0.25, -0.2) is 0 Å². The molecule has 0 saturated carbocycles. The lowest BCUT2D eigenvalue weighted by Gasteiger charge is -2.16. The molecule has 0 amide bonds. The van der Waals surface area contributed by atoms with E-state index in [0.717, 1.165) is 34.4 Å². The molecule has 1 aliphatic rings. The third-order valence-electron chi connectivity index (χ3n) is 4.01. The Morgan fingerprint density at radius 1 is 1.24 bits per heavy atom. The van der Waals surface area contributed by atoms with Gasteiger partial charge in [0.15, 0.2) is 0 Å². The third kappa shape index (κ3) is 2.66. The summed E-state index contributed by atoms with van der Waals surface area (Å²) in [5.41, 5.74) is 3.62. The number of rotatable bonds is 2. The van der Waals surface area contributed by atoms with Gasteiger partial charge in [0.1, 0.15) is 17.5 Å². The van der Waals surface area contributed by atoms with Crippen LogP contribution in [0.4, 0.5) is 0 Å². The van der Waals surface area contributed by atoms with E-state index in [1.807, 2.05) is 43.3 Å². The molecule has 1 atom stereocenters. The fraction of sp³-hybridized carbons (Fsp3) is 0.333. The average molecular weight is 303 g/mol. The Morgan fingerprint density at radius 3 is 2.76 bits per heavy atom. The summed E-state index contributed by atoms with van der Waals surface area (Å²) in [5, 5.41) is 11.3. The fourth-order valence-corrected chi connectivity index (χ4v) is 3.08. The van der Waals surface area contributed by atoms with Gasteiger partial charge in [0, 0.05) is 11.4 Å². The van der Waals surface area contributed by atoms with Gasteiger partial charge in [-0.15, -0.1) is 0 Å². The first-order valence-electron chi connectivity index (χ1n) is 7.12. The minimum atomic E-state index is -0.669. The second kappa shape index (κ2) is 5.04. The van der Waals surface area contributed by atoms with Crippen LogP contribution < -0.4 is 4.74 Å². The second-order valence-corrected chi connectivity index (χ2v) is 6.67. The summed E-state index contributed by atoms with van der Waals surface area (Å²) in [4.78, 5) is 0. The first kappa shape index (κ1) is 14.4. The number of hydrogen-bond acceptors (Lipinski definition) is 2. The van der Waals surface area contributed by atoms with Crippen molar-refractivity contribution in [3.05, 3.63) is 63.7 Å². The zero-order valence-electron chi connectivity index (χ0n) is 12.5. The molecule has 0 radical (unpaired) electrons. The standard InChI is InChI=1S/C18H19ClO2/c1-11-14(5-4-6-15(11)19)17(20)12-7-8-16-13(9-12)10-18(2,3)21-16/h4-9,17,20H,10H2,1-3H3. The number of aliphatic hydroxyl groups is 1. The lowest BCUT2D eigenvalue weighted by Crippen LogP contribution is -2.24. The van der Waals surface area contributed by atoms with Crippen LogP contribution in [0.2, 0.25) is 5.02 Å². The second-order valence-electron chi connectivity index (χ2n) is 6.26. The molecule has 2 aromatic rings. The first-order valence-corrected chi connectivity index (χ1v) is 7.50. The quantitative estimate of drug-likeness (QED) is 0.888. The van der Waals surface area contributed by atoms with Crippen LogP contribution in [-0.4, -0.2) is 10.7 Å². The average Bonchev–Trinajstić information content (AvgIpc) is 2.73. The highest BCUT2D eigenvalue weighted by Crippen LogP contribution is 2.37. The summed E-state index contributed by atoms with van der Waals surface area (Å²) in [7, 11) is 0. The summed E-state index contributed by atoms with van der Waals surface area (Å²) >= 11 is 6.15. The molecule has 1 aliphatic heterocycles. The number of ether oxygens (including phenoxy) is 1. The maximum Gasteiger partial charge on any atom is 0.123 e. The summed E-state index contributed by atoms with van der Waals surface area (Å²) < 4.78 is 5.87. The van der Waals surface area contributed by atoms with E-state index in [0.29, 0.717) is 5.02 Å². The number of benzene rings is 2. The smallest absolute Gasteiger partial charge is 0.123 e. The highest BCUT2D eigenvalue weighted by molar-refractivity contribution is 6.31. The minimum Gasteiger partial charge on any atom is -0.487 e. The van der Waals surface area contributed by atoms with E-state index in [4.69, 9.17) is 16.3 Å². The van der Waals surface area contributed by atoms with E-state index in [1.54, 1.807) is 0 Å². The molecule has 110 valence electrons. The van der Waals surface area contributed by atoms with Crippen LogP contribution in [0.1, 0.15) is 42.2 Å². The van der Waals surface area contributed by atoms with Crippen molar-refractivity contribution in [3.8, 4) is 5.75 Å². The maximum absolute atomic E-state index is 10.7. The molecule has 1 heterocycles. The molecule has 0 aromatic heterocycles. The molecule has 2 nitrogen and oxygen atoms in total. The van der Waals surface area contributed by atoms with Gasteiger partial charge in [0.25, 0.3) is 0 Å². The third-order valence-corrected chi connectivity index (χ3v) is 4.42. The molecule has 0 aliphatic carbocycles. The number of hydrogen-bond donors (Lipinski definition) is 1. The van der Waals surface area contributed by atoms with Crippen LogP contribution in [0.25, 0.3) is 0 Å². The summed E-state index contributed by atoms with van der Waals surface area (Å²) in [6.07, 6.45) is 0.190. The van der Waals surface area contributed by atoms with E-state index in [-0.39, 0.29) is 5.60 Å². The molecule has 3 rings (SSSR count). The van der Waals surface area contributed by atoms with Crippen molar-refractivity contribution in [2.24, 2.45) is 0 Å². The number of aliphatic hydroxyl groups excluding tert-OH is 1. The molecular weight excluding hydrogens is 284 g/mol. The van der Waals surface area contributed by atoms with Gasteiger partial charge in [-0.05, 0) is 61.2 Å². The molecular formula is C18H19ClO2. The van der Waals surface area contributed by atoms with Crippen molar-refractivity contribution in [1.82, 2.24) is 0 Å². The molecule has 0 bridgehead atoms. The zero-order valence-corrected chi connectivity index (χ0v) is 13.2. The van der Waals surface area contributed by atoms with Crippen LogP contribution in [0.15, 0.2) is 36.4 Å². The molecule has 1 N–H and O–H groups in total. The van der Waals surface area contributed by atoms with Gasteiger partial charge in [-0.2, -0.15) is 0 Å². The SMILES string of the molecule is Cc1c(Cl)cccc1C(O)c1ccc2c(c1)CC(C)(C)O2. The van der Waals surface area contributed by atoms with Crippen molar-refractivity contribution >= 4 is 11.6 Å². The molecule has 1 unspecified atom stereocenters. The Balaban J connectivity index is 1.97. The highest BCUT2D eigenvalue weighted by atomic mass is 35.5. The van der Waals surface area contributed by atoms with Crippen molar-refractivity contribution in [2.75, 3.05) is 0 Å². The van der Waals surface area contributed by atoms with Gasteiger partial charge in [0.05, 0.1) is 0 Å². The van der Waals surface area contributed by atoms with Crippen LogP contribution in [-0.2, 0) is 6.42 Å². The van der Waals surface area contributed by atoms with Crippen LogP contribution in [0.5, 0.6) is 5.75 Å². The Bertz CT molecular complexity index is 692. The van der Waals surface area contributed by atoms with Crippen molar-refractivity contribution < 1.29 is 9.84 Å². The van der Waals surface area contributed by atoms with Crippen LogP contribution in [0, 0.1) is 6.92 Å². The molecule has 3 heteroatoms. The van der Waals surface area contributed by atoms with Crippen LogP contribution in [0.3, 0.4) is 0 Å². The largest absolute Gasteiger partial charge is 0.487 e. The monoisotopic (exact) mass is 302 g/mol. The van der Waals surface area contributed by atoms with Crippen LogP contribution >= 0.6 is 11.6 Å².